The van der Waals surface area contributed by atoms with Crippen molar-refractivity contribution >= 4 is 10.0 Å². The minimum absolute atomic E-state index is 0.299. The lowest BCUT2D eigenvalue weighted by atomic mass is 10.3. The minimum atomic E-state index is -3.14. The third-order valence-corrected chi connectivity index (χ3v) is 4.90. The Bertz CT molecular complexity index is 682. The Morgan fingerprint density at radius 1 is 1.14 bits per heavy atom. The molecule has 9 heteroatoms. The first-order chi connectivity index (χ1) is 9.77. The van der Waals surface area contributed by atoms with Gasteiger partial charge in [0, 0.05) is 51.0 Å². The fraction of sp³-hybridized carbons (Fsp3) is 0.667. The van der Waals surface area contributed by atoms with Crippen LogP contribution < -0.4 is 11.2 Å². The lowest BCUT2D eigenvalue weighted by Gasteiger charge is -2.33. The summed E-state index contributed by atoms with van der Waals surface area (Å²) in [5.41, 5.74) is -0.177. The van der Waals surface area contributed by atoms with Gasteiger partial charge >= 0.3 is 5.69 Å². The number of hydrogen-bond acceptors (Lipinski definition) is 5. The number of piperazine rings is 1. The standard InChI is InChI=1S/C12H20N4O4S/c1-10-9-11(17)16(12(18)13-10)8-5-14-3-6-15(7-4-14)21(2,19)20/h9H,3-8H2,1-2H3,(H,13,18). The molecule has 8 nitrogen and oxygen atoms in total. The number of aromatic nitrogens is 2. The molecule has 2 rings (SSSR count). The summed E-state index contributed by atoms with van der Waals surface area (Å²) in [6, 6.07) is 1.39. The number of hydrogen-bond donors (Lipinski definition) is 1. The summed E-state index contributed by atoms with van der Waals surface area (Å²) in [7, 11) is -3.14. The molecule has 0 bridgehead atoms. The van der Waals surface area contributed by atoms with Crippen LogP contribution in [0.4, 0.5) is 0 Å². The molecule has 1 aromatic rings. The van der Waals surface area contributed by atoms with E-state index in [1.54, 1.807) is 6.92 Å². The van der Waals surface area contributed by atoms with E-state index in [1.807, 2.05) is 4.90 Å². The average Bonchev–Trinajstić information content (AvgIpc) is 2.37. The van der Waals surface area contributed by atoms with E-state index in [4.69, 9.17) is 0 Å². The smallest absolute Gasteiger partial charge is 0.311 e. The van der Waals surface area contributed by atoms with E-state index in [-0.39, 0.29) is 5.56 Å². The Labute approximate surface area is 123 Å². The molecule has 0 amide bonds. The summed E-state index contributed by atoms with van der Waals surface area (Å²) >= 11 is 0. The van der Waals surface area contributed by atoms with E-state index in [0.717, 1.165) is 4.57 Å². The zero-order valence-corrected chi connectivity index (χ0v) is 13.0. The molecule has 1 fully saturated rings. The van der Waals surface area contributed by atoms with E-state index >= 15 is 0 Å². The molecule has 0 radical (unpaired) electrons. The average molecular weight is 316 g/mol. The number of aromatic amines is 1. The second-order valence-corrected chi connectivity index (χ2v) is 7.23. The SMILES string of the molecule is Cc1cc(=O)n(CCN2CCN(S(C)(=O)=O)CC2)c(=O)[nH]1. The van der Waals surface area contributed by atoms with Crippen LogP contribution in [0.2, 0.25) is 0 Å². The number of nitrogens with zero attached hydrogens (tertiary/aromatic N) is 3. The molecule has 0 aliphatic carbocycles. The van der Waals surface area contributed by atoms with Gasteiger partial charge in [-0.25, -0.2) is 13.2 Å². The van der Waals surface area contributed by atoms with Crippen LogP contribution in [0.3, 0.4) is 0 Å². The quantitative estimate of drug-likeness (QED) is 0.723. The highest BCUT2D eigenvalue weighted by atomic mass is 32.2. The first-order valence-electron chi connectivity index (χ1n) is 6.75. The monoisotopic (exact) mass is 316 g/mol. The van der Waals surface area contributed by atoms with E-state index in [2.05, 4.69) is 4.98 Å². The van der Waals surface area contributed by atoms with E-state index in [9.17, 15) is 18.0 Å². The van der Waals surface area contributed by atoms with Crippen LogP contribution in [-0.2, 0) is 16.6 Å². The second-order valence-electron chi connectivity index (χ2n) is 5.25. The summed E-state index contributed by atoms with van der Waals surface area (Å²) in [5.74, 6) is 0. The zero-order chi connectivity index (χ0) is 15.6. The molecule has 1 aliphatic heterocycles. The number of sulfonamides is 1. The largest absolute Gasteiger partial charge is 0.328 e. The van der Waals surface area contributed by atoms with E-state index in [1.165, 1.54) is 16.6 Å². The molecule has 1 aromatic heterocycles. The number of nitrogens with one attached hydrogen (secondary N) is 1. The molecule has 2 heterocycles. The first kappa shape index (κ1) is 15.9. The lowest BCUT2D eigenvalue weighted by Crippen LogP contribution is -2.49. The number of aryl methyl sites for hydroxylation is 1. The highest BCUT2D eigenvalue weighted by Crippen LogP contribution is 2.05. The molecule has 1 N–H and O–H groups in total. The molecule has 0 atom stereocenters. The molecule has 0 aromatic carbocycles. The van der Waals surface area contributed by atoms with Crippen LogP contribution in [0.1, 0.15) is 5.69 Å². The highest BCUT2D eigenvalue weighted by molar-refractivity contribution is 7.88. The third kappa shape index (κ3) is 4.02. The third-order valence-electron chi connectivity index (χ3n) is 3.60. The summed E-state index contributed by atoms with van der Waals surface area (Å²) < 4.78 is 25.4. The Kier molecular flexibility index (Phi) is 4.64. The van der Waals surface area contributed by atoms with Crippen LogP contribution in [0.25, 0.3) is 0 Å². The van der Waals surface area contributed by atoms with Gasteiger partial charge in [-0.3, -0.25) is 14.3 Å². The molecule has 0 saturated carbocycles. The van der Waals surface area contributed by atoms with Crippen molar-refractivity contribution in [3.63, 3.8) is 0 Å². The van der Waals surface area contributed by atoms with Crippen molar-refractivity contribution in [1.82, 2.24) is 18.8 Å². The van der Waals surface area contributed by atoms with Gasteiger partial charge in [0.25, 0.3) is 5.56 Å². The molecular weight excluding hydrogens is 296 g/mol. The number of H-pyrrole nitrogens is 1. The lowest BCUT2D eigenvalue weighted by molar-refractivity contribution is 0.182. The molecular formula is C12H20N4O4S. The van der Waals surface area contributed by atoms with Crippen LogP contribution in [-0.4, -0.2) is 66.2 Å². The molecule has 1 saturated heterocycles. The summed E-state index contributed by atoms with van der Waals surface area (Å²) in [5, 5.41) is 0. The van der Waals surface area contributed by atoms with Crippen LogP contribution in [0.15, 0.2) is 15.7 Å². The van der Waals surface area contributed by atoms with E-state index in [0.29, 0.717) is 45.0 Å². The van der Waals surface area contributed by atoms with Crippen molar-refractivity contribution in [3.05, 3.63) is 32.6 Å². The predicted molar refractivity (Wildman–Crippen MR) is 78.9 cm³/mol. The van der Waals surface area contributed by atoms with Gasteiger partial charge in [0.2, 0.25) is 10.0 Å². The van der Waals surface area contributed by atoms with Crippen LogP contribution >= 0.6 is 0 Å². The topological polar surface area (TPSA) is 95.5 Å². The first-order valence-corrected chi connectivity index (χ1v) is 8.60. The molecule has 118 valence electrons. The second kappa shape index (κ2) is 6.12. The maximum atomic E-state index is 11.8. The van der Waals surface area contributed by atoms with Gasteiger partial charge in [-0.2, -0.15) is 4.31 Å². The Morgan fingerprint density at radius 2 is 1.76 bits per heavy atom. The highest BCUT2D eigenvalue weighted by Gasteiger charge is 2.23. The Morgan fingerprint density at radius 3 is 2.29 bits per heavy atom. The van der Waals surface area contributed by atoms with Gasteiger partial charge in [0.15, 0.2) is 0 Å². The van der Waals surface area contributed by atoms with Crippen LogP contribution in [0.5, 0.6) is 0 Å². The minimum Gasteiger partial charge on any atom is -0.311 e. The summed E-state index contributed by atoms with van der Waals surface area (Å²) in [4.78, 5) is 28.1. The molecule has 21 heavy (non-hydrogen) atoms. The van der Waals surface area contributed by atoms with Crippen molar-refractivity contribution in [1.29, 1.82) is 0 Å². The van der Waals surface area contributed by atoms with Gasteiger partial charge in [-0.1, -0.05) is 0 Å². The van der Waals surface area contributed by atoms with Gasteiger partial charge in [0.05, 0.1) is 6.26 Å². The van der Waals surface area contributed by atoms with Crippen molar-refractivity contribution in [2.75, 3.05) is 39.0 Å². The number of rotatable bonds is 4. The fourth-order valence-corrected chi connectivity index (χ4v) is 3.20. The summed E-state index contributed by atoms with van der Waals surface area (Å²) in [6.07, 6.45) is 1.20. The fourth-order valence-electron chi connectivity index (χ4n) is 2.37. The summed E-state index contributed by atoms with van der Waals surface area (Å²) in [6.45, 7) is 4.60. The normalized spacial score (nSPS) is 18.0. The molecule has 0 unspecified atom stereocenters. The predicted octanol–water partition coefficient (Wildman–Crippen LogP) is -1.58. The van der Waals surface area contributed by atoms with Crippen molar-refractivity contribution in [3.8, 4) is 0 Å². The van der Waals surface area contributed by atoms with Crippen molar-refractivity contribution in [2.24, 2.45) is 0 Å². The van der Waals surface area contributed by atoms with Crippen LogP contribution in [0, 0.1) is 6.92 Å². The zero-order valence-electron chi connectivity index (χ0n) is 12.2. The van der Waals surface area contributed by atoms with Gasteiger partial charge in [-0.05, 0) is 6.92 Å². The van der Waals surface area contributed by atoms with E-state index < -0.39 is 15.7 Å². The maximum absolute atomic E-state index is 11.8. The van der Waals surface area contributed by atoms with Gasteiger partial charge in [0.1, 0.15) is 0 Å². The maximum Gasteiger partial charge on any atom is 0.328 e. The molecule has 1 aliphatic rings. The van der Waals surface area contributed by atoms with Crippen molar-refractivity contribution in [2.45, 2.75) is 13.5 Å². The van der Waals surface area contributed by atoms with Gasteiger partial charge in [-0.15, -0.1) is 0 Å². The van der Waals surface area contributed by atoms with Crippen molar-refractivity contribution < 1.29 is 8.42 Å². The molecule has 0 spiro atoms. The van der Waals surface area contributed by atoms with Gasteiger partial charge < -0.3 is 4.98 Å². The Hall–Kier alpha value is -1.45. The Balaban J connectivity index is 1.94.